The van der Waals surface area contributed by atoms with Crippen molar-refractivity contribution in [2.75, 3.05) is 0 Å². The Bertz CT molecular complexity index is 1360. The molecule has 0 aromatic heterocycles. The minimum Gasteiger partial charge on any atom is -0.393 e. The third-order valence-corrected chi connectivity index (χ3v) is 14.6. The molecule has 43 heavy (non-hydrogen) atoms. The number of hydrogen-bond donors (Lipinski definition) is 2. The maximum atomic E-state index is 14.4. The molecule has 2 aromatic carbocycles. The largest absolute Gasteiger partial charge is 0.393 e. The number of aliphatic hydroxyl groups is 1. The molecule has 2 aromatic rings. The van der Waals surface area contributed by atoms with E-state index in [0.29, 0.717) is 41.0 Å². The molecule has 5 aliphatic carbocycles. The SMILES string of the molecule is Cc1ccccc1Cc1cccc(CNC(=O)C23CCCC2C2CCC4C5(C)CCC(O)C(C)(C)C5CCC24CCC3)c1. The van der Waals surface area contributed by atoms with Crippen LogP contribution in [0.5, 0.6) is 0 Å². The molecule has 5 aliphatic rings. The maximum absolute atomic E-state index is 14.4. The Hall–Kier alpha value is -2.13. The van der Waals surface area contributed by atoms with Crippen LogP contribution in [0.3, 0.4) is 0 Å². The Morgan fingerprint density at radius 3 is 2.44 bits per heavy atom. The molecule has 3 nitrogen and oxygen atoms in total. The number of benzene rings is 2. The molecule has 8 atom stereocenters. The second-order valence-corrected chi connectivity index (χ2v) is 16.6. The van der Waals surface area contributed by atoms with E-state index in [2.05, 4.69) is 81.5 Å². The van der Waals surface area contributed by atoms with Gasteiger partial charge < -0.3 is 10.4 Å². The zero-order chi connectivity index (χ0) is 30.0. The first-order valence-corrected chi connectivity index (χ1v) is 17.7. The summed E-state index contributed by atoms with van der Waals surface area (Å²) in [7, 11) is 0. The zero-order valence-corrected chi connectivity index (χ0v) is 27.3. The van der Waals surface area contributed by atoms with Crippen molar-refractivity contribution in [2.24, 2.45) is 45.3 Å². The minimum atomic E-state index is -0.179. The molecule has 8 unspecified atom stereocenters. The molecule has 2 N–H and O–H groups in total. The average Bonchev–Trinajstić information content (AvgIpc) is 3.55. The summed E-state index contributed by atoms with van der Waals surface area (Å²) in [4.78, 5) is 14.4. The quantitative estimate of drug-likeness (QED) is 0.371. The number of nitrogens with one attached hydrogen (secondary N) is 1. The summed E-state index contributed by atoms with van der Waals surface area (Å²) >= 11 is 0. The smallest absolute Gasteiger partial charge is 0.226 e. The highest BCUT2D eigenvalue weighted by molar-refractivity contribution is 5.83. The van der Waals surface area contributed by atoms with Crippen molar-refractivity contribution in [3.63, 3.8) is 0 Å². The van der Waals surface area contributed by atoms with Crippen LogP contribution in [0.15, 0.2) is 48.5 Å². The lowest BCUT2D eigenvalue weighted by Crippen LogP contribution is -2.59. The lowest BCUT2D eigenvalue weighted by Gasteiger charge is -2.64. The van der Waals surface area contributed by atoms with Gasteiger partial charge in [0, 0.05) is 6.54 Å². The van der Waals surface area contributed by atoms with Crippen molar-refractivity contribution in [2.45, 2.75) is 124 Å². The van der Waals surface area contributed by atoms with E-state index >= 15 is 0 Å². The van der Waals surface area contributed by atoms with E-state index in [1.165, 1.54) is 80.0 Å². The predicted octanol–water partition coefficient (Wildman–Crippen LogP) is 8.78. The molecule has 3 heteroatoms. The van der Waals surface area contributed by atoms with Gasteiger partial charge in [-0.25, -0.2) is 0 Å². The minimum absolute atomic E-state index is 0.00561. The van der Waals surface area contributed by atoms with E-state index in [4.69, 9.17) is 0 Å². The predicted molar refractivity (Wildman–Crippen MR) is 174 cm³/mol. The molecular formula is C40H55NO2. The van der Waals surface area contributed by atoms with Gasteiger partial charge in [0.1, 0.15) is 0 Å². The number of rotatable bonds is 5. The van der Waals surface area contributed by atoms with Crippen molar-refractivity contribution in [3.8, 4) is 0 Å². The number of aryl methyl sites for hydroxylation is 1. The zero-order valence-electron chi connectivity index (χ0n) is 27.3. The highest BCUT2D eigenvalue weighted by atomic mass is 16.3. The molecule has 0 radical (unpaired) electrons. The Morgan fingerprint density at radius 2 is 1.60 bits per heavy atom. The molecule has 0 aliphatic heterocycles. The number of carbonyl (C=O) groups excluding carboxylic acids is 1. The lowest BCUT2D eigenvalue weighted by molar-refractivity contribution is -0.176. The van der Waals surface area contributed by atoms with Gasteiger partial charge in [0.15, 0.2) is 0 Å². The molecule has 5 fully saturated rings. The Morgan fingerprint density at radius 1 is 0.814 bits per heavy atom. The van der Waals surface area contributed by atoms with Gasteiger partial charge in [0.25, 0.3) is 0 Å². The molecule has 7 rings (SSSR count). The molecule has 1 spiro atoms. The lowest BCUT2D eigenvalue weighted by atomic mass is 9.41. The van der Waals surface area contributed by atoms with Crippen LogP contribution in [-0.2, 0) is 17.8 Å². The number of aliphatic hydroxyl groups excluding tert-OH is 1. The van der Waals surface area contributed by atoms with Crippen molar-refractivity contribution >= 4 is 5.91 Å². The highest BCUT2D eigenvalue weighted by Crippen LogP contribution is 2.75. The summed E-state index contributed by atoms with van der Waals surface area (Å²) in [5.74, 6) is 2.94. The van der Waals surface area contributed by atoms with E-state index in [1.54, 1.807) is 0 Å². The highest BCUT2D eigenvalue weighted by Gasteiger charge is 2.68. The van der Waals surface area contributed by atoms with Gasteiger partial charge in [-0.3, -0.25) is 4.79 Å². The molecular weight excluding hydrogens is 526 g/mol. The van der Waals surface area contributed by atoms with E-state index in [-0.39, 0.29) is 16.9 Å². The topological polar surface area (TPSA) is 49.3 Å². The second kappa shape index (κ2) is 10.7. The summed E-state index contributed by atoms with van der Waals surface area (Å²) in [6.07, 6.45) is 15.3. The molecule has 1 amide bonds. The van der Waals surface area contributed by atoms with Crippen molar-refractivity contribution in [1.29, 1.82) is 0 Å². The fourth-order valence-corrected chi connectivity index (χ4v) is 12.6. The average molecular weight is 582 g/mol. The van der Waals surface area contributed by atoms with Crippen LogP contribution in [0.2, 0.25) is 0 Å². The second-order valence-electron chi connectivity index (χ2n) is 16.6. The van der Waals surface area contributed by atoms with E-state index in [0.717, 1.165) is 31.6 Å². The van der Waals surface area contributed by atoms with Gasteiger partial charge in [-0.05, 0) is 140 Å². The monoisotopic (exact) mass is 581 g/mol. The third kappa shape index (κ3) is 4.57. The van der Waals surface area contributed by atoms with Crippen LogP contribution in [0.1, 0.15) is 120 Å². The molecule has 0 saturated heterocycles. The van der Waals surface area contributed by atoms with Crippen molar-refractivity contribution < 1.29 is 9.90 Å². The molecule has 0 bridgehead atoms. The van der Waals surface area contributed by atoms with Gasteiger partial charge >= 0.3 is 0 Å². The van der Waals surface area contributed by atoms with Gasteiger partial charge in [-0.15, -0.1) is 0 Å². The van der Waals surface area contributed by atoms with Crippen LogP contribution in [-0.4, -0.2) is 17.1 Å². The van der Waals surface area contributed by atoms with Gasteiger partial charge in [-0.1, -0.05) is 82.1 Å². The molecule has 0 heterocycles. The third-order valence-electron chi connectivity index (χ3n) is 14.6. The molecule has 232 valence electrons. The van der Waals surface area contributed by atoms with E-state index in [9.17, 15) is 9.90 Å². The number of amides is 1. The first kappa shape index (κ1) is 29.6. The maximum Gasteiger partial charge on any atom is 0.226 e. The Kier molecular flexibility index (Phi) is 7.39. The Balaban J connectivity index is 1.09. The number of hydrogen-bond acceptors (Lipinski definition) is 2. The van der Waals surface area contributed by atoms with Crippen LogP contribution < -0.4 is 5.32 Å². The number of fused-ring (bicyclic) bond motifs is 4. The van der Waals surface area contributed by atoms with Gasteiger partial charge in [-0.2, -0.15) is 0 Å². The normalized spacial score (nSPS) is 39.6. The summed E-state index contributed by atoms with van der Waals surface area (Å²) in [6, 6.07) is 17.5. The first-order chi connectivity index (χ1) is 20.6. The summed E-state index contributed by atoms with van der Waals surface area (Å²) in [5, 5.41) is 14.5. The van der Waals surface area contributed by atoms with Gasteiger partial charge in [0.2, 0.25) is 5.91 Å². The van der Waals surface area contributed by atoms with Crippen LogP contribution in [0.25, 0.3) is 0 Å². The Labute approximate surface area is 260 Å². The van der Waals surface area contributed by atoms with Gasteiger partial charge in [0.05, 0.1) is 11.5 Å². The summed E-state index contributed by atoms with van der Waals surface area (Å²) in [6.45, 7) is 10.1. The van der Waals surface area contributed by atoms with Crippen LogP contribution in [0.4, 0.5) is 0 Å². The van der Waals surface area contributed by atoms with Crippen molar-refractivity contribution in [3.05, 3.63) is 70.8 Å². The van der Waals surface area contributed by atoms with Crippen molar-refractivity contribution in [1.82, 2.24) is 5.32 Å². The molecule has 5 saturated carbocycles. The van der Waals surface area contributed by atoms with E-state index < -0.39 is 0 Å². The van der Waals surface area contributed by atoms with Crippen LogP contribution in [0, 0.1) is 52.3 Å². The van der Waals surface area contributed by atoms with Crippen LogP contribution >= 0.6 is 0 Å². The fraction of sp³-hybridized carbons (Fsp3) is 0.675. The number of carbonyl (C=O) groups is 1. The fourth-order valence-electron chi connectivity index (χ4n) is 12.6. The summed E-state index contributed by atoms with van der Waals surface area (Å²) < 4.78 is 0. The standard InChI is InChI=1S/C40H55NO2/c1-27-10-5-6-13-30(27)25-28-11-7-12-29(24-28)26-41-36(43)40-19-8-14-31(40)32-15-16-34-38(4)22-18-35(42)37(2,3)33(38)17-23-39(32,34)20-9-21-40/h5-7,10-13,24,31-35,42H,8-9,14-23,25-26H2,1-4H3,(H,41,43). The van der Waals surface area contributed by atoms with E-state index in [1.807, 2.05) is 0 Å². The first-order valence-electron chi connectivity index (χ1n) is 17.7. The summed E-state index contributed by atoms with van der Waals surface area (Å²) in [5.41, 5.74) is 5.79.